The maximum absolute atomic E-state index is 12.7. The molecule has 1 atom stereocenters. The number of para-hydroxylation sites is 1. The first-order valence-corrected chi connectivity index (χ1v) is 5.48. The molecule has 96 valence electrons. The SMILES string of the molecule is CCNCC(C)Oc1ccccc1C(F)(F)F. The van der Waals surface area contributed by atoms with Crippen molar-refractivity contribution < 1.29 is 17.9 Å². The number of ether oxygens (including phenoxy) is 1. The highest BCUT2D eigenvalue weighted by Crippen LogP contribution is 2.36. The second kappa shape index (κ2) is 5.91. The van der Waals surface area contributed by atoms with Crippen molar-refractivity contribution in [2.24, 2.45) is 0 Å². The van der Waals surface area contributed by atoms with Crippen LogP contribution in [-0.2, 0) is 6.18 Å². The van der Waals surface area contributed by atoms with Crippen molar-refractivity contribution in [1.82, 2.24) is 5.32 Å². The van der Waals surface area contributed by atoms with Gasteiger partial charge >= 0.3 is 6.18 Å². The Hall–Kier alpha value is -1.23. The van der Waals surface area contributed by atoms with Crippen molar-refractivity contribution in [3.05, 3.63) is 29.8 Å². The highest BCUT2D eigenvalue weighted by molar-refractivity contribution is 5.35. The van der Waals surface area contributed by atoms with Gasteiger partial charge in [-0.25, -0.2) is 0 Å². The number of hydrogen-bond acceptors (Lipinski definition) is 2. The van der Waals surface area contributed by atoms with Gasteiger partial charge in [0, 0.05) is 6.54 Å². The molecule has 0 amide bonds. The number of benzene rings is 1. The number of rotatable bonds is 5. The van der Waals surface area contributed by atoms with Crippen LogP contribution >= 0.6 is 0 Å². The van der Waals surface area contributed by atoms with Crippen LogP contribution in [0.5, 0.6) is 5.75 Å². The fourth-order valence-electron chi connectivity index (χ4n) is 1.41. The summed E-state index contributed by atoms with van der Waals surface area (Å²) >= 11 is 0. The molecule has 0 saturated carbocycles. The quantitative estimate of drug-likeness (QED) is 0.863. The summed E-state index contributed by atoms with van der Waals surface area (Å²) in [5.74, 6) is -0.120. The van der Waals surface area contributed by atoms with E-state index in [4.69, 9.17) is 4.74 Å². The number of halogens is 3. The lowest BCUT2D eigenvalue weighted by atomic mass is 10.2. The minimum atomic E-state index is -4.38. The third-order valence-corrected chi connectivity index (χ3v) is 2.20. The first-order chi connectivity index (χ1) is 7.95. The Morgan fingerprint density at radius 1 is 1.29 bits per heavy atom. The van der Waals surface area contributed by atoms with E-state index in [-0.39, 0.29) is 11.9 Å². The van der Waals surface area contributed by atoms with Gasteiger partial charge in [-0.05, 0) is 25.6 Å². The van der Waals surface area contributed by atoms with E-state index in [2.05, 4.69) is 5.32 Å². The van der Waals surface area contributed by atoms with Gasteiger partial charge < -0.3 is 10.1 Å². The zero-order valence-corrected chi connectivity index (χ0v) is 9.84. The molecule has 1 aromatic rings. The number of hydrogen-bond donors (Lipinski definition) is 1. The van der Waals surface area contributed by atoms with Crippen LogP contribution in [0.3, 0.4) is 0 Å². The summed E-state index contributed by atoms with van der Waals surface area (Å²) in [6, 6.07) is 5.25. The lowest BCUT2D eigenvalue weighted by Crippen LogP contribution is -2.29. The monoisotopic (exact) mass is 247 g/mol. The smallest absolute Gasteiger partial charge is 0.419 e. The van der Waals surface area contributed by atoms with E-state index >= 15 is 0 Å². The largest absolute Gasteiger partial charge is 0.489 e. The lowest BCUT2D eigenvalue weighted by molar-refractivity contribution is -0.139. The Morgan fingerprint density at radius 3 is 2.53 bits per heavy atom. The average Bonchev–Trinajstić information content (AvgIpc) is 2.25. The fraction of sp³-hybridized carbons (Fsp3) is 0.500. The van der Waals surface area contributed by atoms with Crippen LogP contribution in [0, 0.1) is 0 Å². The minimum Gasteiger partial charge on any atom is -0.489 e. The van der Waals surface area contributed by atoms with Crippen molar-refractivity contribution in [2.45, 2.75) is 26.1 Å². The lowest BCUT2D eigenvalue weighted by Gasteiger charge is -2.18. The van der Waals surface area contributed by atoms with Crippen molar-refractivity contribution in [2.75, 3.05) is 13.1 Å². The van der Waals surface area contributed by atoms with E-state index in [1.54, 1.807) is 6.92 Å². The highest BCUT2D eigenvalue weighted by atomic mass is 19.4. The van der Waals surface area contributed by atoms with E-state index in [9.17, 15) is 13.2 Å². The first-order valence-electron chi connectivity index (χ1n) is 5.48. The maximum Gasteiger partial charge on any atom is 0.419 e. The first kappa shape index (κ1) is 13.8. The van der Waals surface area contributed by atoms with Gasteiger partial charge in [-0.15, -0.1) is 0 Å². The van der Waals surface area contributed by atoms with E-state index in [1.165, 1.54) is 18.2 Å². The standard InChI is InChI=1S/C12H16F3NO/c1-3-16-8-9(2)17-11-7-5-4-6-10(11)12(13,14)15/h4-7,9,16H,3,8H2,1-2H3. The molecule has 0 spiro atoms. The summed E-state index contributed by atoms with van der Waals surface area (Å²) in [5.41, 5.74) is -0.733. The van der Waals surface area contributed by atoms with Gasteiger partial charge in [-0.1, -0.05) is 19.1 Å². The molecule has 0 saturated heterocycles. The predicted molar refractivity (Wildman–Crippen MR) is 60.1 cm³/mol. The molecule has 0 aromatic heterocycles. The Balaban J connectivity index is 2.77. The summed E-state index contributed by atoms with van der Waals surface area (Å²) in [6.45, 7) is 4.93. The summed E-state index contributed by atoms with van der Waals surface area (Å²) in [4.78, 5) is 0. The molecule has 0 aliphatic rings. The average molecular weight is 247 g/mol. The van der Waals surface area contributed by atoms with Gasteiger partial charge in [0.05, 0.1) is 5.56 Å². The Bertz CT molecular complexity index is 352. The topological polar surface area (TPSA) is 21.3 Å². The van der Waals surface area contributed by atoms with Crippen LogP contribution in [-0.4, -0.2) is 19.2 Å². The highest BCUT2D eigenvalue weighted by Gasteiger charge is 2.34. The third-order valence-electron chi connectivity index (χ3n) is 2.20. The third kappa shape index (κ3) is 4.26. The zero-order valence-electron chi connectivity index (χ0n) is 9.84. The van der Waals surface area contributed by atoms with Crippen LogP contribution in [0.1, 0.15) is 19.4 Å². The van der Waals surface area contributed by atoms with Crippen LogP contribution in [0.4, 0.5) is 13.2 Å². The van der Waals surface area contributed by atoms with Gasteiger partial charge in [0.1, 0.15) is 11.9 Å². The Kier molecular flexibility index (Phi) is 4.81. The van der Waals surface area contributed by atoms with E-state index < -0.39 is 11.7 Å². The van der Waals surface area contributed by atoms with Crippen LogP contribution < -0.4 is 10.1 Å². The van der Waals surface area contributed by atoms with Gasteiger partial charge in [-0.2, -0.15) is 13.2 Å². The molecule has 17 heavy (non-hydrogen) atoms. The van der Waals surface area contributed by atoms with Crippen LogP contribution in [0.2, 0.25) is 0 Å². The summed E-state index contributed by atoms with van der Waals surface area (Å²) < 4.78 is 43.3. The molecule has 0 radical (unpaired) electrons. The fourth-order valence-corrected chi connectivity index (χ4v) is 1.41. The molecule has 1 N–H and O–H groups in total. The molecule has 5 heteroatoms. The maximum atomic E-state index is 12.7. The van der Waals surface area contributed by atoms with Crippen molar-refractivity contribution in [3.63, 3.8) is 0 Å². The van der Waals surface area contributed by atoms with Gasteiger partial charge in [-0.3, -0.25) is 0 Å². The van der Waals surface area contributed by atoms with Crippen molar-refractivity contribution >= 4 is 0 Å². The van der Waals surface area contributed by atoms with Crippen LogP contribution in [0.25, 0.3) is 0 Å². The summed E-state index contributed by atoms with van der Waals surface area (Å²) in [5, 5.41) is 3.02. The Morgan fingerprint density at radius 2 is 1.94 bits per heavy atom. The number of nitrogens with one attached hydrogen (secondary N) is 1. The number of likely N-dealkylation sites (N-methyl/N-ethyl adjacent to an activating group) is 1. The Labute approximate surface area is 98.8 Å². The normalized spacial score (nSPS) is 13.5. The van der Waals surface area contributed by atoms with Gasteiger partial charge in [0.15, 0.2) is 0 Å². The van der Waals surface area contributed by atoms with E-state index in [1.807, 2.05) is 6.92 Å². The zero-order chi connectivity index (χ0) is 12.9. The minimum absolute atomic E-state index is 0.120. The predicted octanol–water partition coefficient (Wildman–Crippen LogP) is 3.08. The van der Waals surface area contributed by atoms with Crippen molar-refractivity contribution in [3.8, 4) is 5.75 Å². The van der Waals surface area contributed by atoms with E-state index in [0.29, 0.717) is 6.54 Å². The molecule has 0 aliphatic carbocycles. The van der Waals surface area contributed by atoms with Crippen molar-refractivity contribution in [1.29, 1.82) is 0 Å². The molecule has 2 nitrogen and oxygen atoms in total. The molecule has 1 aromatic carbocycles. The molecular formula is C12H16F3NO. The molecule has 1 unspecified atom stereocenters. The van der Waals surface area contributed by atoms with E-state index in [0.717, 1.165) is 12.6 Å². The van der Waals surface area contributed by atoms with Gasteiger partial charge in [0.25, 0.3) is 0 Å². The number of alkyl halides is 3. The second-order valence-electron chi connectivity index (χ2n) is 3.73. The summed E-state index contributed by atoms with van der Waals surface area (Å²) in [7, 11) is 0. The van der Waals surface area contributed by atoms with Crippen LogP contribution in [0.15, 0.2) is 24.3 Å². The molecular weight excluding hydrogens is 231 g/mol. The molecule has 0 heterocycles. The summed E-state index contributed by atoms with van der Waals surface area (Å²) in [6.07, 6.45) is -4.69. The molecule has 0 bridgehead atoms. The van der Waals surface area contributed by atoms with Gasteiger partial charge in [0.2, 0.25) is 0 Å². The molecule has 0 aliphatic heterocycles. The second-order valence-corrected chi connectivity index (χ2v) is 3.73. The molecule has 0 fully saturated rings. The molecule has 1 rings (SSSR count).